The van der Waals surface area contributed by atoms with E-state index in [0.29, 0.717) is 49.5 Å². The van der Waals surface area contributed by atoms with Crippen LogP contribution in [-0.4, -0.2) is 78.4 Å². The van der Waals surface area contributed by atoms with Crippen LogP contribution in [0.3, 0.4) is 0 Å². The quantitative estimate of drug-likeness (QED) is 0.609. The number of anilines is 1. The van der Waals surface area contributed by atoms with Gasteiger partial charge in [0.05, 0.1) is 25.6 Å². The SMILES string of the molecule is C[C@@]1(O)COCC2(CCN(C(=O)CCCC(=O)O)CC2)C[C@H]1n1cnc2c(N)ncnc21. The Bertz CT molecular complexity index is 998. The van der Waals surface area contributed by atoms with Gasteiger partial charge in [0.1, 0.15) is 17.4 Å². The second-order valence-electron chi connectivity index (χ2n) is 9.28. The molecule has 174 valence electrons. The van der Waals surface area contributed by atoms with E-state index in [9.17, 15) is 14.7 Å². The van der Waals surface area contributed by atoms with E-state index < -0.39 is 11.6 Å². The van der Waals surface area contributed by atoms with Crippen LogP contribution in [0.15, 0.2) is 12.7 Å². The van der Waals surface area contributed by atoms with Gasteiger partial charge in [0.25, 0.3) is 0 Å². The summed E-state index contributed by atoms with van der Waals surface area (Å²) in [5.41, 5.74) is 5.69. The molecule has 11 heteroatoms. The predicted molar refractivity (Wildman–Crippen MR) is 115 cm³/mol. The number of aliphatic hydroxyl groups is 1. The topological polar surface area (TPSA) is 157 Å². The summed E-state index contributed by atoms with van der Waals surface area (Å²) in [4.78, 5) is 37.7. The maximum absolute atomic E-state index is 12.5. The molecule has 0 aliphatic carbocycles. The van der Waals surface area contributed by atoms with Gasteiger partial charge in [-0.25, -0.2) is 15.0 Å². The summed E-state index contributed by atoms with van der Waals surface area (Å²) in [6.45, 7) is 3.62. The van der Waals surface area contributed by atoms with E-state index in [1.165, 1.54) is 6.33 Å². The van der Waals surface area contributed by atoms with Crippen LogP contribution in [0.25, 0.3) is 11.2 Å². The molecule has 2 aromatic heterocycles. The lowest BCUT2D eigenvalue weighted by molar-refractivity contribution is -0.137. The molecule has 0 bridgehead atoms. The fourth-order valence-electron chi connectivity index (χ4n) is 4.88. The fourth-order valence-corrected chi connectivity index (χ4v) is 4.88. The highest BCUT2D eigenvalue weighted by molar-refractivity contribution is 5.81. The van der Waals surface area contributed by atoms with Gasteiger partial charge in [-0.05, 0) is 38.0 Å². The minimum Gasteiger partial charge on any atom is -0.481 e. The van der Waals surface area contributed by atoms with Crippen LogP contribution in [0.2, 0.25) is 0 Å². The lowest BCUT2D eigenvalue weighted by Gasteiger charge is -2.43. The molecule has 4 heterocycles. The zero-order valence-corrected chi connectivity index (χ0v) is 18.2. The highest BCUT2D eigenvalue weighted by Gasteiger charge is 2.47. The summed E-state index contributed by atoms with van der Waals surface area (Å²) >= 11 is 0. The zero-order chi connectivity index (χ0) is 22.9. The summed E-state index contributed by atoms with van der Waals surface area (Å²) in [5, 5.41) is 20.0. The van der Waals surface area contributed by atoms with E-state index in [-0.39, 0.29) is 36.8 Å². The average Bonchev–Trinajstić information content (AvgIpc) is 3.12. The third-order valence-corrected chi connectivity index (χ3v) is 6.83. The van der Waals surface area contributed by atoms with E-state index in [2.05, 4.69) is 15.0 Å². The Kier molecular flexibility index (Phi) is 6.04. The summed E-state index contributed by atoms with van der Waals surface area (Å²) < 4.78 is 7.81. The third-order valence-electron chi connectivity index (χ3n) is 6.83. The first-order valence-corrected chi connectivity index (χ1v) is 10.9. The Morgan fingerprint density at radius 2 is 1.97 bits per heavy atom. The number of nitrogen functional groups attached to an aromatic ring is 1. The second-order valence-corrected chi connectivity index (χ2v) is 9.28. The highest BCUT2D eigenvalue weighted by atomic mass is 16.5. The van der Waals surface area contributed by atoms with Crippen molar-refractivity contribution in [1.29, 1.82) is 0 Å². The van der Waals surface area contributed by atoms with Gasteiger partial charge in [0.15, 0.2) is 11.5 Å². The van der Waals surface area contributed by atoms with Crippen LogP contribution >= 0.6 is 0 Å². The van der Waals surface area contributed by atoms with Crippen molar-refractivity contribution >= 4 is 28.9 Å². The van der Waals surface area contributed by atoms with Crippen molar-refractivity contribution in [2.24, 2.45) is 5.41 Å². The summed E-state index contributed by atoms with van der Waals surface area (Å²) in [6.07, 6.45) is 5.77. The van der Waals surface area contributed by atoms with Crippen LogP contribution in [0, 0.1) is 5.41 Å². The number of imidazole rings is 1. The largest absolute Gasteiger partial charge is 0.481 e. The molecule has 1 spiro atoms. The normalized spacial score (nSPS) is 25.7. The number of ether oxygens (including phenoxy) is 1. The highest BCUT2D eigenvalue weighted by Crippen LogP contribution is 2.46. The van der Waals surface area contributed by atoms with E-state index in [4.69, 9.17) is 15.6 Å². The van der Waals surface area contributed by atoms with Gasteiger partial charge in [-0.3, -0.25) is 9.59 Å². The summed E-state index contributed by atoms with van der Waals surface area (Å²) in [6, 6.07) is -0.331. The maximum atomic E-state index is 12.5. The summed E-state index contributed by atoms with van der Waals surface area (Å²) in [7, 11) is 0. The zero-order valence-electron chi connectivity index (χ0n) is 18.2. The second kappa shape index (κ2) is 8.62. The van der Waals surface area contributed by atoms with Crippen molar-refractivity contribution in [2.75, 3.05) is 32.0 Å². The molecule has 2 fully saturated rings. The molecule has 2 aliphatic rings. The molecule has 2 saturated heterocycles. The Hall–Kier alpha value is -2.79. The molecular formula is C21H30N6O5. The Labute approximate surface area is 185 Å². The third kappa shape index (κ3) is 4.40. The lowest BCUT2D eigenvalue weighted by Crippen LogP contribution is -2.46. The molecule has 2 aliphatic heterocycles. The summed E-state index contributed by atoms with van der Waals surface area (Å²) in [5.74, 6) is -0.599. The van der Waals surface area contributed by atoms with Gasteiger partial charge in [-0.1, -0.05) is 0 Å². The van der Waals surface area contributed by atoms with Crippen LogP contribution in [-0.2, 0) is 14.3 Å². The number of amides is 1. The minimum atomic E-state index is -1.14. The molecule has 0 radical (unpaired) electrons. The number of hydrogen-bond acceptors (Lipinski definition) is 8. The first kappa shape index (κ1) is 22.4. The number of carbonyl (C=O) groups excluding carboxylic acids is 1. The van der Waals surface area contributed by atoms with E-state index >= 15 is 0 Å². The van der Waals surface area contributed by atoms with Gasteiger partial charge in [0.2, 0.25) is 5.91 Å². The van der Waals surface area contributed by atoms with Crippen LogP contribution in [0.1, 0.15) is 51.5 Å². The number of nitrogens with zero attached hydrogens (tertiary/aromatic N) is 5. The minimum absolute atomic E-state index is 0.00104. The molecule has 0 unspecified atom stereocenters. The number of rotatable bonds is 5. The number of carboxylic acids is 1. The molecule has 0 saturated carbocycles. The Balaban J connectivity index is 1.51. The van der Waals surface area contributed by atoms with E-state index in [0.717, 1.165) is 12.8 Å². The molecule has 0 aromatic carbocycles. The number of hydrogen-bond donors (Lipinski definition) is 3. The van der Waals surface area contributed by atoms with Crippen molar-refractivity contribution in [3.05, 3.63) is 12.7 Å². The first-order chi connectivity index (χ1) is 15.2. The van der Waals surface area contributed by atoms with Crippen molar-refractivity contribution < 1.29 is 24.5 Å². The van der Waals surface area contributed by atoms with Crippen LogP contribution < -0.4 is 5.73 Å². The van der Waals surface area contributed by atoms with Crippen LogP contribution in [0.5, 0.6) is 0 Å². The smallest absolute Gasteiger partial charge is 0.303 e. The number of piperidine rings is 1. The van der Waals surface area contributed by atoms with E-state index in [1.807, 2.05) is 9.47 Å². The van der Waals surface area contributed by atoms with Gasteiger partial charge in [-0.2, -0.15) is 0 Å². The van der Waals surface area contributed by atoms with Gasteiger partial charge in [0, 0.05) is 25.9 Å². The standard InChI is InChI=1S/C21H30N6O5/c1-20(31)10-32-11-21(5-7-26(8-6-21)15(28)3-2-4-16(29)30)9-14(20)27-13-25-17-18(22)23-12-24-19(17)27/h12-14,31H,2-11H2,1H3,(H,29,30)(H2,22,23,24)/t14-,20-/m1/s1. The average molecular weight is 447 g/mol. The Morgan fingerprint density at radius 1 is 1.22 bits per heavy atom. The van der Waals surface area contributed by atoms with E-state index in [1.54, 1.807) is 13.3 Å². The molecule has 32 heavy (non-hydrogen) atoms. The first-order valence-electron chi connectivity index (χ1n) is 10.9. The number of carboxylic acid groups (broad SMARTS) is 1. The molecule has 4 N–H and O–H groups in total. The van der Waals surface area contributed by atoms with Gasteiger partial charge < -0.3 is 30.2 Å². The molecule has 4 rings (SSSR count). The van der Waals surface area contributed by atoms with Gasteiger partial charge >= 0.3 is 5.97 Å². The Morgan fingerprint density at radius 3 is 2.69 bits per heavy atom. The number of aromatic nitrogens is 4. The monoisotopic (exact) mass is 446 g/mol. The number of nitrogens with two attached hydrogens (primary N) is 1. The van der Waals surface area contributed by atoms with Gasteiger partial charge in [-0.15, -0.1) is 0 Å². The lowest BCUT2D eigenvalue weighted by atomic mass is 9.72. The number of fused-ring (bicyclic) bond motifs is 1. The van der Waals surface area contributed by atoms with Crippen molar-refractivity contribution in [3.63, 3.8) is 0 Å². The maximum Gasteiger partial charge on any atom is 0.303 e. The predicted octanol–water partition coefficient (Wildman–Crippen LogP) is 0.985. The van der Waals surface area contributed by atoms with Crippen molar-refractivity contribution in [3.8, 4) is 0 Å². The molecule has 1 amide bonds. The number of aliphatic carboxylic acids is 1. The van der Waals surface area contributed by atoms with Crippen LogP contribution in [0.4, 0.5) is 5.82 Å². The molecule has 2 atom stereocenters. The number of likely N-dealkylation sites (tertiary alicyclic amines) is 1. The van der Waals surface area contributed by atoms with Crippen molar-refractivity contribution in [2.45, 2.75) is 57.1 Å². The molecular weight excluding hydrogens is 416 g/mol. The molecule has 2 aromatic rings. The fraction of sp³-hybridized carbons (Fsp3) is 0.667. The molecule has 11 nitrogen and oxygen atoms in total. The van der Waals surface area contributed by atoms with Crippen molar-refractivity contribution in [1.82, 2.24) is 24.4 Å². The number of carbonyl (C=O) groups is 2.